The van der Waals surface area contributed by atoms with Crippen molar-refractivity contribution in [3.63, 3.8) is 0 Å². The van der Waals surface area contributed by atoms with Crippen molar-refractivity contribution in [3.05, 3.63) is 54.5 Å². The number of ether oxygens (including phenoxy) is 1. The first kappa shape index (κ1) is 22.1. The number of benzene rings is 2. The lowest BCUT2D eigenvalue weighted by Gasteiger charge is -2.33. The van der Waals surface area contributed by atoms with Crippen LogP contribution in [0, 0.1) is 5.82 Å². The van der Waals surface area contributed by atoms with Crippen LogP contribution in [0.5, 0.6) is 0 Å². The van der Waals surface area contributed by atoms with Gasteiger partial charge in [0.2, 0.25) is 5.91 Å². The van der Waals surface area contributed by atoms with E-state index in [0.717, 1.165) is 41.0 Å². The summed E-state index contributed by atoms with van der Waals surface area (Å²) in [5.41, 5.74) is 3.00. The van der Waals surface area contributed by atoms with Crippen LogP contribution in [0.25, 0.3) is 10.9 Å². The van der Waals surface area contributed by atoms with Gasteiger partial charge in [0.15, 0.2) is 0 Å². The quantitative estimate of drug-likeness (QED) is 0.562. The van der Waals surface area contributed by atoms with Crippen LogP contribution < -0.4 is 20.4 Å². The van der Waals surface area contributed by atoms with Gasteiger partial charge in [-0.3, -0.25) is 14.7 Å². The van der Waals surface area contributed by atoms with E-state index in [1.165, 1.54) is 23.9 Å². The third-order valence-electron chi connectivity index (χ3n) is 6.65. The maximum Gasteiger partial charge on any atom is 0.414 e. The van der Waals surface area contributed by atoms with Crippen molar-refractivity contribution in [2.45, 2.75) is 23.5 Å². The molecule has 3 aliphatic rings. The Bertz CT molecular complexity index is 1320. The Kier molecular flexibility index (Phi) is 5.69. The molecule has 2 amide bonds. The number of amides is 2. The predicted octanol–water partition coefficient (Wildman–Crippen LogP) is 3.61. The topological polar surface area (TPSA) is 86.8 Å². The zero-order valence-corrected chi connectivity index (χ0v) is 19.7. The van der Waals surface area contributed by atoms with Gasteiger partial charge in [0.25, 0.3) is 0 Å². The molecule has 0 saturated carbocycles. The van der Waals surface area contributed by atoms with Crippen LogP contribution >= 0.6 is 11.8 Å². The Morgan fingerprint density at radius 2 is 2.11 bits per heavy atom. The van der Waals surface area contributed by atoms with Gasteiger partial charge in [-0.1, -0.05) is 0 Å². The number of carbonyl (C=O) groups is 2. The number of aromatic nitrogens is 1. The summed E-state index contributed by atoms with van der Waals surface area (Å²) < 4.78 is 19.9. The Labute approximate surface area is 205 Å². The number of hydrogen-bond donors (Lipinski definition) is 2. The first-order chi connectivity index (χ1) is 17.0. The molecule has 0 unspecified atom stereocenters. The summed E-state index contributed by atoms with van der Waals surface area (Å²) in [6.07, 6.45) is 1.88. The van der Waals surface area contributed by atoms with Gasteiger partial charge in [0.05, 0.1) is 30.0 Å². The summed E-state index contributed by atoms with van der Waals surface area (Å²) in [6.45, 7) is 2.55. The zero-order chi connectivity index (χ0) is 23.9. The molecule has 180 valence electrons. The van der Waals surface area contributed by atoms with E-state index in [1.807, 2.05) is 24.3 Å². The molecule has 0 radical (unpaired) electrons. The number of thioether (sulfide) groups is 1. The largest absolute Gasteiger partial charge is 0.442 e. The molecule has 2 saturated heterocycles. The lowest BCUT2D eigenvalue weighted by molar-refractivity contribution is -0.113. The summed E-state index contributed by atoms with van der Waals surface area (Å²) in [5, 5.41) is 7.01. The summed E-state index contributed by atoms with van der Waals surface area (Å²) in [7, 11) is 0. The molecule has 3 aliphatic heterocycles. The normalized spacial score (nSPS) is 21.7. The zero-order valence-electron chi connectivity index (χ0n) is 18.9. The van der Waals surface area contributed by atoms with E-state index in [-0.39, 0.29) is 23.9 Å². The van der Waals surface area contributed by atoms with Gasteiger partial charge in [-0.25, -0.2) is 9.18 Å². The second kappa shape index (κ2) is 9.01. The number of carbonyl (C=O) groups excluding carboxylic acids is 2. The molecule has 35 heavy (non-hydrogen) atoms. The summed E-state index contributed by atoms with van der Waals surface area (Å²) >= 11 is 1.48. The van der Waals surface area contributed by atoms with Gasteiger partial charge in [-0.05, 0) is 55.4 Å². The minimum atomic E-state index is -0.417. The SMILES string of the molecule is O=C1CSc2ccc(N3C[C@@H](CN(c4ccnc5ccc(F)cc45)[C@@H]4CCNC4)OC3=O)cc2N1. The van der Waals surface area contributed by atoms with Gasteiger partial charge < -0.3 is 20.3 Å². The molecule has 1 aromatic heterocycles. The molecule has 6 rings (SSSR count). The molecule has 8 nitrogen and oxygen atoms in total. The van der Waals surface area contributed by atoms with Crippen LogP contribution in [0.15, 0.2) is 53.6 Å². The van der Waals surface area contributed by atoms with Crippen molar-refractivity contribution in [2.24, 2.45) is 0 Å². The van der Waals surface area contributed by atoms with Gasteiger partial charge >= 0.3 is 6.09 Å². The van der Waals surface area contributed by atoms with Crippen molar-refractivity contribution in [2.75, 3.05) is 47.0 Å². The van der Waals surface area contributed by atoms with Gasteiger partial charge in [0.1, 0.15) is 11.9 Å². The molecular formula is C25H24FN5O3S. The predicted molar refractivity (Wildman–Crippen MR) is 134 cm³/mol. The second-order valence-electron chi connectivity index (χ2n) is 8.92. The van der Waals surface area contributed by atoms with Crippen LogP contribution in [0.3, 0.4) is 0 Å². The van der Waals surface area contributed by atoms with Crippen LogP contribution in [-0.4, -0.2) is 61.1 Å². The van der Waals surface area contributed by atoms with Crippen LogP contribution in [0.2, 0.25) is 0 Å². The highest BCUT2D eigenvalue weighted by molar-refractivity contribution is 8.00. The van der Waals surface area contributed by atoms with Crippen molar-refractivity contribution in [1.82, 2.24) is 10.3 Å². The molecule has 0 bridgehead atoms. The molecule has 2 atom stereocenters. The Morgan fingerprint density at radius 3 is 2.97 bits per heavy atom. The monoisotopic (exact) mass is 493 g/mol. The average molecular weight is 494 g/mol. The van der Waals surface area contributed by atoms with Crippen LogP contribution in [0.4, 0.5) is 26.2 Å². The van der Waals surface area contributed by atoms with Crippen molar-refractivity contribution >= 4 is 51.7 Å². The minimum Gasteiger partial charge on any atom is -0.442 e. The van der Waals surface area contributed by atoms with E-state index in [2.05, 4.69) is 20.5 Å². The fourth-order valence-corrected chi connectivity index (χ4v) is 5.78. The number of halogens is 1. The second-order valence-corrected chi connectivity index (χ2v) is 9.94. The van der Waals surface area contributed by atoms with E-state index in [1.54, 1.807) is 17.2 Å². The number of nitrogens with zero attached hydrogens (tertiary/aromatic N) is 3. The number of fused-ring (bicyclic) bond motifs is 2. The summed E-state index contributed by atoms with van der Waals surface area (Å²) in [4.78, 5) is 33.8. The van der Waals surface area contributed by atoms with Gasteiger partial charge in [-0.15, -0.1) is 11.8 Å². The van der Waals surface area contributed by atoms with Crippen molar-refractivity contribution < 1.29 is 18.7 Å². The Balaban J connectivity index is 1.27. The van der Waals surface area contributed by atoms with Crippen LogP contribution in [-0.2, 0) is 9.53 Å². The van der Waals surface area contributed by atoms with E-state index in [0.29, 0.717) is 30.2 Å². The van der Waals surface area contributed by atoms with E-state index in [4.69, 9.17) is 4.74 Å². The third-order valence-corrected chi connectivity index (χ3v) is 7.72. The average Bonchev–Trinajstić information content (AvgIpc) is 3.51. The van der Waals surface area contributed by atoms with Gasteiger partial charge in [0, 0.05) is 40.4 Å². The van der Waals surface area contributed by atoms with Crippen LogP contribution in [0.1, 0.15) is 6.42 Å². The fourth-order valence-electron chi connectivity index (χ4n) is 4.99. The van der Waals surface area contributed by atoms with E-state index >= 15 is 0 Å². The Morgan fingerprint density at radius 1 is 1.20 bits per heavy atom. The van der Waals surface area contributed by atoms with E-state index < -0.39 is 6.09 Å². The van der Waals surface area contributed by atoms with E-state index in [9.17, 15) is 14.0 Å². The first-order valence-corrected chi connectivity index (χ1v) is 12.6. The molecule has 0 aliphatic carbocycles. The number of rotatable bonds is 5. The molecule has 10 heteroatoms. The Hall–Kier alpha value is -3.37. The lowest BCUT2D eigenvalue weighted by Crippen LogP contribution is -2.43. The lowest BCUT2D eigenvalue weighted by atomic mass is 10.1. The molecule has 2 aromatic carbocycles. The van der Waals surface area contributed by atoms with Crippen molar-refractivity contribution in [1.29, 1.82) is 0 Å². The molecular weight excluding hydrogens is 469 g/mol. The standard InChI is InChI=1S/C25H24FN5O3S/c26-15-1-3-20-19(9-15)22(6-8-28-20)30(17-5-7-27-11-17)12-18-13-31(25(33)34-18)16-2-4-23-21(10-16)29-24(32)14-35-23/h1-4,6,8-10,17-18,27H,5,7,11-14H2,(H,29,32)/t17-,18-/m1/s1. The maximum absolute atomic E-state index is 14.1. The third kappa shape index (κ3) is 4.28. The summed E-state index contributed by atoms with van der Waals surface area (Å²) in [6, 6.07) is 12.3. The van der Waals surface area contributed by atoms with Crippen molar-refractivity contribution in [3.8, 4) is 0 Å². The van der Waals surface area contributed by atoms with Gasteiger partial charge in [-0.2, -0.15) is 0 Å². The number of hydrogen-bond acceptors (Lipinski definition) is 7. The summed E-state index contributed by atoms with van der Waals surface area (Å²) in [5.74, 6) is 0.0235. The molecule has 2 fully saturated rings. The fraction of sp³-hybridized carbons (Fsp3) is 0.320. The number of nitrogens with one attached hydrogen (secondary N) is 2. The minimum absolute atomic E-state index is 0.0524. The molecule has 0 spiro atoms. The highest BCUT2D eigenvalue weighted by atomic mass is 32.2. The first-order valence-electron chi connectivity index (χ1n) is 11.6. The number of anilines is 3. The molecule has 3 aromatic rings. The number of pyridine rings is 1. The molecule has 4 heterocycles. The smallest absolute Gasteiger partial charge is 0.414 e. The molecule has 2 N–H and O–H groups in total. The number of cyclic esters (lactones) is 1. The highest BCUT2D eigenvalue weighted by Gasteiger charge is 2.36. The maximum atomic E-state index is 14.1. The highest BCUT2D eigenvalue weighted by Crippen LogP contribution is 2.36.